The van der Waals surface area contributed by atoms with E-state index >= 15 is 0 Å². The van der Waals surface area contributed by atoms with Gasteiger partial charge in [0.05, 0.1) is 6.61 Å². The van der Waals surface area contributed by atoms with Gasteiger partial charge in [0.2, 0.25) is 5.95 Å². The van der Waals surface area contributed by atoms with Crippen LogP contribution in [-0.2, 0) is 0 Å². The van der Waals surface area contributed by atoms with E-state index in [1.165, 1.54) is 12.4 Å². The zero-order valence-corrected chi connectivity index (χ0v) is 8.88. The van der Waals surface area contributed by atoms with Crippen molar-refractivity contribution in [2.24, 2.45) is 0 Å². The van der Waals surface area contributed by atoms with Crippen molar-refractivity contribution < 1.29 is 15.3 Å². The standard InChI is InChI=1S/C10H12N4O3/c15-5-8(16)9(17)7-3-12-10(13-4-7)14-2-1-11-6-14/h1-4,6,8-9,15-17H,5H2. The molecule has 7 heteroatoms. The van der Waals surface area contributed by atoms with Gasteiger partial charge in [0, 0.05) is 30.4 Å². The van der Waals surface area contributed by atoms with Crippen molar-refractivity contribution >= 4 is 0 Å². The predicted molar refractivity (Wildman–Crippen MR) is 57.2 cm³/mol. The molecule has 17 heavy (non-hydrogen) atoms. The van der Waals surface area contributed by atoms with Gasteiger partial charge in [-0.05, 0) is 0 Å². The molecule has 2 unspecified atom stereocenters. The van der Waals surface area contributed by atoms with Crippen LogP contribution in [0.3, 0.4) is 0 Å². The maximum Gasteiger partial charge on any atom is 0.234 e. The first-order chi connectivity index (χ1) is 8.22. The molecule has 0 saturated heterocycles. The molecule has 0 aliphatic carbocycles. The highest BCUT2D eigenvalue weighted by Crippen LogP contribution is 2.15. The Morgan fingerprint density at radius 3 is 2.47 bits per heavy atom. The van der Waals surface area contributed by atoms with Gasteiger partial charge >= 0.3 is 0 Å². The minimum atomic E-state index is -1.24. The fourth-order valence-electron chi connectivity index (χ4n) is 1.32. The second-order valence-electron chi connectivity index (χ2n) is 3.48. The van der Waals surface area contributed by atoms with Gasteiger partial charge in [0.1, 0.15) is 18.5 Å². The third kappa shape index (κ3) is 2.47. The summed E-state index contributed by atoms with van der Waals surface area (Å²) >= 11 is 0. The van der Waals surface area contributed by atoms with Crippen LogP contribution in [0.2, 0.25) is 0 Å². The third-order valence-electron chi connectivity index (χ3n) is 2.29. The average Bonchev–Trinajstić information content (AvgIpc) is 2.91. The fourth-order valence-corrected chi connectivity index (χ4v) is 1.32. The summed E-state index contributed by atoms with van der Waals surface area (Å²) in [5, 5.41) is 27.6. The highest BCUT2D eigenvalue weighted by molar-refractivity contribution is 5.16. The van der Waals surface area contributed by atoms with Crippen LogP contribution in [0.25, 0.3) is 5.95 Å². The van der Waals surface area contributed by atoms with E-state index in [2.05, 4.69) is 15.0 Å². The Morgan fingerprint density at radius 1 is 1.24 bits per heavy atom. The van der Waals surface area contributed by atoms with E-state index in [4.69, 9.17) is 5.11 Å². The molecule has 3 N–H and O–H groups in total. The molecule has 7 nitrogen and oxygen atoms in total. The monoisotopic (exact) mass is 236 g/mol. The topological polar surface area (TPSA) is 104 Å². The molecule has 2 aromatic heterocycles. The van der Waals surface area contributed by atoms with E-state index in [0.29, 0.717) is 11.5 Å². The molecule has 0 saturated carbocycles. The molecule has 0 aliphatic rings. The number of hydrogen-bond acceptors (Lipinski definition) is 6. The van der Waals surface area contributed by atoms with Gasteiger partial charge in [-0.1, -0.05) is 0 Å². The first kappa shape index (κ1) is 11.6. The molecule has 2 atom stereocenters. The van der Waals surface area contributed by atoms with E-state index in [1.54, 1.807) is 23.3 Å². The van der Waals surface area contributed by atoms with Crippen molar-refractivity contribution in [2.75, 3.05) is 6.61 Å². The first-order valence-electron chi connectivity index (χ1n) is 4.99. The minimum absolute atomic E-state index is 0.343. The van der Waals surface area contributed by atoms with Crippen molar-refractivity contribution in [3.05, 3.63) is 36.7 Å². The summed E-state index contributed by atoms with van der Waals surface area (Å²) in [4.78, 5) is 11.9. The summed E-state index contributed by atoms with van der Waals surface area (Å²) in [6.07, 6.45) is 5.19. The first-order valence-corrected chi connectivity index (χ1v) is 4.99. The predicted octanol–water partition coefficient (Wildman–Crippen LogP) is -0.951. The molecular weight excluding hydrogens is 224 g/mol. The average molecular weight is 236 g/mol. The van der Waals surface area contributed by atoms with Crippen molar-refractivity contribution in [3.8, 4) is 5.95 Å². The Balaban J connectivity index is 2.18. The number of rotatable bonds is 4. The Labute approximate surface area is 97.0 Å². The van der Waals surface area contributed by atoms with Crippen LogP contribution in [-0.4, -0.2) is 47.5 Å². The summed E-state index contributed by atoms with van der Waals surface area (Å²) in [7, 11) is 0. The highest BCUT2D eigenvalue weighted by Gasteiger charge is 2.18. The van der Waals surface area contributed by atoms with E-state index < -0.39 is 18.8 Å². The van der Waals surface area contributed by atoms with Gasteiger partial charge in [0.25, 0.3) is 0 Å². The summed E-state index contributed by atoms with van der Waals surface area (Å²) in [5.74, 6) is 0.414. The van der Waals surface area contributed by atoms with E-state index in [-0.39, 0.29) is 0 Å². The lowest BCUT2D eigenvalue weighted by molar-refractivity contribution is -0.0155. The summed E-state index contributed by atoms with van der Waals surface area (Å²) in [6.45, 7) is -0.523. The summed E-state index contributed by atoms with van der Waals surface area (Å²) < 4.78 is 1.61. The molecule has 0 aromatic carbocycles. The van der Waals surface area contributed by atoms with Crippen LogP contribution in [0.5, 0.6) is 0 Å². The Morgan fingerprint density at radius 2 is 1.94 bits per heavy atom. The van der Waals surface area contributed by atoms with Gasteiger partial charge in [0.15, 0.2) is 0 Å². The van der Waals surface area contributed by atoms with E-state index in [1.807, 2.05) is 0 Å². The van der Waals surface area contributed by atoms with Gasteiger partial charge in [-0.25, -0.2) is 15.0 Å². The van der Waals surface area contributed by atoms with Crippen molar-refractivity contribution in [1.82, 2.24) is 19.5 Å². The van der Waals surface area contributed by atoms with Crippen LogP contribution in [0.15, 0.2) is 31.1 Å². The largest absolute Gasteiger partial charge is 0.394 e. The minimum Gasteiger partial charge on any atom is -0.394 e. The lowest BCUT2D eigenvalue weighted by Crippen LogP contribution is -2.22. The zero-order valence-electron chi connectivity index (χ0n) is 8.88. The van der Waals surface area contributed by atoms with Crippen molar-refractivity contribution in [2.45, 2.75) is 12.2 Å². The van der Waals surface area contributed by atoms with Gasteiger partial charge < -0.3 is 15.3 Å². The number of hydrogen-bond donors (Lipinski definition) is 3. The normalized spacial score (nSPS) is 14.5. The number of nitrogens with zero attached hydrogens (tertiary/aromatic N) is 4. The molecule has 2 heterocycles. The van der Waals surface area contributed by atoms with Crippen LogP contribution in [0, 0.1) is 0 Å². The van der Waals surface area contributed by atoms with Crippen LogP contribution >= 0.6 is 0 Å². The van der Waals surface area contributed by atoms with Gasteiger partial charge in [-0.3, -0.25) is 4.57 Å². The Kier molecular flexibility index (Phi) is 3.43. The second-order valence-corrected chi connectivity index (χ2v) is 3.48. The van der Waals surface area contributed by atoms with E-state index in [0.717, 1.165) is 0 Å². The molecule has 0 spiro atoms. The molecule has 0 fully saturated rings. The molecule has 0 bridgehead atoms. The Hall–Kier alpha value is -1.83. The molecule has 0 aliphatic heterocycles. The molecule has 0 amide bonds. The smallest absolute Gasteiger partial charge is 0.234 e. The van der Waals surface area contributed by atoms with Crippen molar-refractivity contribution in [3.63, 3.8) is 0 Å². The molecule has 90 valence electrons. The molecule has 0 radical (unpaired) electrons. The lowest BCUT2D eigenvalue weighted by atomic mass is 10.1. The van der Waals surface area contributed by atoms with Crippen LogP contribution in [0.1, 0.15) is 11.7 Å². The fraction of sp³-hybridized carbons (Fsp3) is 0.300. The molecular formula is C10H12N4O3. The lowest BCUT2D eigenvalue weighted by Gasteiger charge is -2.15. The number of aliphatic hydroxyl groups is 3. The maximum atomic E-state index is 9.60. The summed E-state index contributed by atoms with van der Waals surface area (Å²) in [6, 6.07) is 0. The second kappa shape index (κ2) is 5.00. The number of imidazole rings is 1. The molecule has 2 aromatic rings. The maximum absolute atomic E-state index is 9.60. The number of aromatic nitrogens is 4. The SMILES string of the molecule is OCC(O)C(O)c1cnc(-n2ccnc2)nc1. The number of aliphatic hydroxyl groups excluding tert-OH is 3. The Bertz CT molecular complexity index is 457. The third-order valence-corrected chi connectivity index (χ3v) is 2.29. The van der Waals surface area contributed by atoms with Gasteiger partial charge in [-0.15, -0.1) is 0 Å². The highest BCUT2D eigenvalue weighted by atomic mass is 16.4. The molecule has 2 rings (SSSR count). The van der Waals surface area contributed by atoms with Crippen molar-refractivity contribution in [1.29, 1.82) is 0 Å². The quantitative estimate of drug-likeness (QED) is 0.632. The summed E-state index contributed by atoms with van der Waals surface area (Å²) in [5.41, 5.74) is 0.343. The zero-order chi connectivity index (χ0) is 12.3. The van der Waals surface area contributed by atoms with Gasteiger partial charge in [-0.2, -0.15) is 0 Å². The van der Waals surface area contributed by atoms with Crippen LogP contribution in [0.4, 0.5) is 0 Å². The van der Waals surface area contributed by atoms with E-state index in [9.17, 15) is 10.2 Å². The van der Waals surface area contributed by atoms with Crippen LogP contribution < -0.4 is 0 Å².